The van der Waals surface area contributed by atoms with Crippen LogP contribution in [0.2, 0.25) is 0 Å². The molecule has 5 nitrogen and oxygen atoms in total. The average Bonchev–Trinajstić information content (AvgIpc) is 2.82. The van der Waals surface area contributed by atoms with Gasteiger partial charge in [0.1, 0.15) is 12.1 Å². The Balaban J connectivity index is 1.86. The molecule has 0 radical (unpaired) electrons. The first-order valence-corrected chi connectivity index (χ1v) is 5.69. The second-order valence-corrected chi connectivity index (χ2v) is 4.03. The summed E-state index contributed by atoms with van der Waals surface area (Å²) in [5.41, 5.74) is 1.79. The third-order valence-electron chi connectivity index (χ3n) is 2.65. The molecule has 90 valence electrons. The fourth-order valence-corrected chi connectivity index (χ4v) is 1.82. The smallest absolute Gasteiger partial charge is 0.156 e. The van der Waals surface area contributed by atoms with Gasteiger partial charge in [0, 0.05) is 11.5 Å². The van der Waals surface area contributed by atoms with E-state index in [2.05, 4.69) is 20.4 Å². The summed E-state index contributed by atoms with van der Waals surface area (Å²) in [7, 11) is 0. The van der Waals surface area contributed by atoms with Crippen LogP contribution in [0.25, 0.3) is 10.9 Å². The summed E-state index contributed by atoms with van der Waals surface area (Å²) in [5, 5.41) is 8.07. The van der Waals surface area contributed by atoms with Crippen molar-refractivity contribution in [1.82, 2.24) is 15.1 Å². The van der Waals surface area contributed by atoms with E-state index in [9.17, 15) is 0 Å². The first-order valence-electron chi connectivity index (χ1n) is 5.69. The largest absolute Gasteiger partial charge is 0.362 e. The highest BCUT2D eigenvalue weighted by molar-refractivity contribution is 5.88. The van der Waals surface area contributed by atoms with Gasteiger partial charge >= 0.3 is 0 Å². The van der Waals surface area contributed by atoms with Gasteiger partial charge in [0.05, 0.1) is 17.8 Å². The lowest BCUT2D eigenvalue weighted by molar-refractivity contribution is 0.384. The van der Waals surface area contributed by atoms with Crippen LogP contribution >= 0.6 is 0 Å². The standard InChI is InChI=1S/C13H12N4O/c1-9-6-10(18-17-9)7-14-13-11-4-2-3-5-12(11)15-8-16-13/h2-6,8H,7H2,1H3,(H,14,15,16). The Morgan fingerprint density at radius 1 is 1.22 bits per heavy atom. The lowest BCUT2D eigenvalue weighted by atomic mass is 10.2. The molecular weight excluding hydrogens is 228 g/mol. The first kappa shape index (κ1) is 10.7. The minimum absolute atomic E-state index is 0.557. The van der Waals surface area contributed by atoms with Crippen molar-refractivity contribution in [2.24, 2.45) is 0 Å². The number of nitrogens with one attached hydrogen (secondary N) is 1. The molecule has 0 saturated carbocycles. The molecule has 0 amide bonds. The molecule has 0 fully saturated rings. The summed E-state index contributed by atoms with van der Waals surface area (Å²) in [4.78, 5) is 8.46. The molecule has 2 heterocycles. The Morgan fingerprint density at radius 2 is 2.11 bits per heavy atom. The number of benzene rings is 1. The van der Waals surface area contributed by atoms with Crippen LogP contribution in [0.5, 0.6) is 0 Å². The lowest BCUT2D eigenvalue weighted by Gasteiger charge is -2.05. The number of aromatic nitrogens is 3. The summed E-state index contributed by atoms with van der Waals surface area (Å²) in [5.74, 6) is 1.59. The van der Waals surface area contributed by atoms with E-state index in [1.54, 1.807) is 6.33 Å². The molecule has 0 saturated heterocycles. The molecule has 0 unspecified atom stereocenters. The highest BCUT2D eigenvalue weighted by atomic mass is 16.5. The highest BCUT2D eigenvalue weighted by Gasteiger charge is 2.04. The van der Waals surface area contributed by atoms with Gasteiger partial charge in [-0.1, -0.05) is 17.3 Å². The summed E-state index contributed by atoms with van der Waals surface area (Å²) < 4.78 is 5.14. The minimum Gasteiger partial charge on any atom is -0.362 e. The molecular formula is C13H12N4O. The Labute approximate surface area is 104 Å². The molecule has 0 spiro atoms. The van der Waals surface area contributed by atoms with Gasteiger partial charge in [-0.2, -0.15) is 0 Å². The highest BCUT2D eigenvalue weighted by Crippen LogP contribution is 2.19. The number of rotatable bonds is 3. The van der Waals surface area contributed by atoms with E-state index < -0.39 is 0 Å². The number of anilines is 1. The summed E-state index contributed by atoms with van der Waals surface area (Å²) >= 11 is 0. The van der Waals surface area contributed by atoms with E-state index in [-0.39, 0.29) is 0 Å². The van der Waals surface area contributed by atoms with Crippen LogP contribution in [0.4, 0.5) is 5.82 Å². The predicted octanol–water partition coefficient (Wildman–Crippen LogP) is 2.54. The Bertz CT molecular complexity index is 672. The Kier molecular flexibility index (Phi) is 2.64. The number of aryl methyl sites for hydroxylation is 1. The number of hydrogen-bond acceptors (Lipinski definition) is 5. The minimum atomic E-state index is 0.557. The maximum absolute atomic E-state index is 5.14. The number of hydrogen-bond donors (Lipinski definition) is 1. The number of fused-ring (bicyclic) bond motifs is 1. The molecule has 0 aliphatic heterocycles. The van der Waals surface area contributed by atoms with Crippen molar-refractivity contribution < 1.29 is 4.52 Å². The van der Waals surface area contributed by atoms with Crippen molar-refractivity contribution in [1.29, 1.82) is 0 Å². The molecule has 2 aromatic heterocycles. The summed E-state index contributed by atoms with van der Waals surface area (Å²) in [6.07, 6.45) is 1.55. The van der Waals surface area contributed by atoms with Crippen LogP contribution in [0.3, 0.4) is 0 Å². The molecule has 1 aromatic carbocycles. The number of para-hydroxylation sites is 1. The fourth-order valence-electron chi connectivity index (χ4n) is 1.82. The third kappa shape index (κ3) is 2.02. The normalized spacial score (nSPS) is 10.7. The molecule has 0 aliphatic carbocycles. The predicted molar refractivity (Wildman–Crippen MR) is 68.1 cm³/mol. The van der Waals surface area contributed by atoms with Crippen LogP contribution in [-0.2, 0) is 6.54 Å². The maximum atomic E-state index is 5.14. The molecule has 1 N–H and O–H groups in total. The topological polar surface area (TPSA) is 63.8 Å². The van der Waals surface area contributed by atoms with Crippen LogP contribution in [-0.4, -0.2) is 15.1 Å². The Hall–Kier alpha value is -2.43. The van der Waals surface area contributed by atoms with E-state index in [0.29, 0.717) is 6.54 Å². The van der Waals surface area contributed by atoms with E-state index in [4.69, 9.17) is 4.52 Å². The van der Waals surface area contributed by atoms with Crippen molar-refractivity contribution in [3.8, 4) is 0 Å². The first-order chi connectivity index (χ1) is 8.83. The van der Waals surface area contributed by atoms with Crippen LogP contribution in [0, 0.1) is 6.92 Å². The van der Waals surface area contributed by atoms with Crippen molar-refractivity contribution in [2.75, 3.05) is 5.32 Å². The molecule has 3 aromatic rings. The molecule has 0 aliphatic rings. The molecule has 0 bridgehead atoms. The molecule has 18 heavy (non-hydrogen) atoms. The average molecular weight is 240 g/mol. The van der Waals surface area contributed by atoms with Gasteiger partial charge in [-0.3, -0.25) is 0 Å². The summed E-state index contributed by atoms with van der Waals surface area (Å²) in [6.45, 7) is 2.45. The number of nitrogens with zero attached hydrogens (tertiary/aromatic N) is 3. The van der Waals surface area contributed by atoms with Gasteiger partial charge in [-0.25, -0.2) is 9.97 Å². The summed E-state index contributed by atoms with van der Waals surface area (Å²) in [6, 6.07) is 9.77. The van der Waals surface area contributed by atoms with E-state index in [1.807, 2.05) is 37.3 Å². The van der Waals surface area contributed by atoms with Gasteiger partial charge in [0.25, 0.3) is 0 Å². The zero-order valence-corrected chi connectivity index (χ0v) is 9.92. The Morgan fingerprint density at radius 3 is 2.94 bits per heavy atom. The second-order valence-electron chi connectivity index (χ2n) is 4.03. The molecule has 0 atom stereocenters. The van der Waals surface area contributed by atoms with Crippen LogP contribution in [0.1, 0.15) is 11.5 Å². The quantitative estimate of drug-likeness (QED) is 0.762. The molecule has 3 rings (SSSR count). The van der Waals surface area contributed by atoms with Crippen molar-refractivity contribution in [3.05, 3.63) is 48.1 Å². The monoisotopic (exact) mass is 240 g/mol. The van der Waals surface area contributed by atoms with E-state index in [1.165, 1.54) is 0 Å². The zero-order valence-electron chi connectivity index (χ0n) is 9.92. The van der Waals surface area contributed by atoms with Gasteiger partial charge in [-0.05, 0) is 19.1 Å². The molecule has 5 heteroatoms. The van der Waals surface area contributed by atoms with Gasteiger partial charge in [0.2, 0.25) is 0 Å². The lowest BCUT2D eigenvalue weighted by Crippen LogP contribution is -2.01. The van der Waals surface area contributed by atoms with Crippen LogP contribution in [0.15, 0.2) is 41.2 Å². The van der Waals surface area contributed by atoms with Crippen molar-refractivity contribution in [2.45, 2.75) is 13.5 Å². The van der Waals surface area contributed by atoms with Crippen molar-refractivity contribution in [3.63, 3.8) is 0 Å². The van der Waals surface area contributed by atoms with Gasteiger partial charge in [-0.15, -0.1) is 0 Å². The van der Waals surface area contributed by atoms with E-state index in [0.717, 1.165) is 28.2 Å². The van der Waals surface area contributed by atoms with Crippen LogP contribution < -0.4 is 5.32 Å². The van der Waals surface area contributed by atoms with Gasteiger partial charge in [0.15, 0.2) is 5.76 Å². The zero-order chi connectivity index (χ0) is 12.4. The van der Waals surface area contributed by atoms with Gasteiger partial charge < -0.3 is 9.84 Å². The third-order valence-corrected chi connectivity index (χ3v) is 2.65. The SMILES string of the molecule is Cc1cc(CNc2ncnc3ccccc23)on1. The second kappa shape index (κ2) is 4.44. The van der Waals surface area contributed by atoms with Crippen molar-refractivity contribution >= 4 is 16.7 Å². The van der Waals surface area contributed by atoms with E-state index >= 15 is 0 Å². The maximum Gasteiger partial charge on any atom is 0.156 e. The fraction of sp³-hybridized carbons (Fsp3) is 0.154.